The Morgan fingerprint density at radius 3 is 2.89 bits per heavy atom. The molecule has 19 heavy (non-hydrogen) atoms. The lowest BCUT2D eigenvalue weighted by atomic mass is 10.1. The third-order valence-corrected chi connectivity index (χ3v) is 4.81. The number of carboxylic acid groups (broad SMARTS) is 1. The van der Waals surface area contributed by atoms with Gasteiger partial charge in [-0.05, 0) is 36.0 Å². The number of rotatable bonds is 6. The lowest BCUT2D eigenvalue weighted by molar-refractivity contribution is -0.138. The van der Waals surface area contributed by atoms with E-state index in [0.717, 1.165) is 18.4 Å². The molecule has 1 saturated carbocycles. The molecule has 1 unspecified atom stereocenters. The van der Waals surface area contributed by atoms with Crippen LogP contribution in [0.2, 0.25) is 0 Å². The Hall–Kier alpha value is -1.74. The van der Waals surface area contributed by atoms with E-state index in [2.05, 4.69) is 4.98 Å². The predicted molar refractivity (Wildman–Crippen MR) is 69.6 cm³/mol. The first kappa shape index (κ1) is 13.7. The molecule has 1 aliphatic carbocycles. The summed E-state index contributed by atoms with van der Waals surface area (Å²) in [5.74, 6) is -0.0626. The number of aromatic nitrogens is 1. The maximum absolute atomic E-state index is 12.1. The first-order chi connectivity index (χ1) is 9.03. The monoisotopic (exact) mass is 278 g/mol. The van der Waals surface area contributed by atoms with Crippen LogP contribution in [-0.2, 0) is 21.3 Å². The van der Waals surface area contributed by atoms with Crippen molar-refractivity contribution >= 4 is 16.8 Å². The summed E-state index contributed by atoms with van der Waals surface area (Å²) >= 11 is 0. The van der Waals surface area contributed by atoms with Crippen molar-refractivity contribution in [2.45, 2.75) is 25.0 Å². The van der Waals surface area contributed by atoms with Gasteiger partial charge in [0.05, 0.1) is 6.42 Å². The van der Waals surface area contributed by atoms with Gasteiger partial charge in [-0.3, -0.25) is 9.00 Å². The highest BCUT2D eigenvalue weighted by Crippen LogP contribution is 2.49. The summed E-state index contributed by atoms with van der Waals surface area (Å²) in [4.78, 5) is 14.6. The summed E-state index contributed by atoms with van der Waals surface area (Å²) < 4.78 is 12.1. The minimum Gasteiger partial charge on any atom is -0.481 e. The molecule has 0 radical (unpaired) electrons. The highest BCUT2D eigenvalue weighted by molar-refractivity contribution is 7.84. The third kappa shape index (κ3) is 3.86. The molecular formula is C13H14N2O3S. The fourth-order valence-electron chi connectivity index (χ4n) is 2.07. The van der Waals surface area contributed by atoms with Gasteiger partial charge >= 0.3 is 5.97 Å². The van der Waals surface area contributed by atoms with Crippen LogP contribution in [0.5, 0.6) is 0 Å². The van der Waals surface area contributed by atoms with E-state index in [1.807, 2.05) is 6.07 Å². The first-order valence-corrected chi connectivity index (χ1v) is 7.44. The molecule has 1 N–H and O–H groups in total. The van der Waals surface area contributed by atoms with Gasteiger partial charge in [-0.25, -0.2) is 4.98 Å². The second-order valence-electron chi connectivity index (χ2n) is 4.96. The van der Waals surface area contributed by atoms with Gasteiger partial charge in [0.25, 0.3) is 0 Å². The average molecular weight is 278 g/mol. The predicted octanol–water partition coefficient (Wildman–Crippen LogP) is 1.46. The number of aliphatic carboxylic acids is 1. The van der Waals surface area contributed by atoms with Crippen molar-refractivity contribution in [1.82, 2.24) is 4.98 Å². The zero-order chi connectivity index (χ0) is 13.9. The summed E-state index contributed by atoms with van der Waals surface area (Å²) in [5, 5.41) is 17.6. The van der Waals surface area contributed by atoms with Crippen LogP contribution in [-0.4, -0.2) is 26.0 Å². The zero-order valence-electron chi connectivity index (χ0n) is 10.3. The molecule has 1 fully saturated rings. The Balaban J connectivity index is 1.95. The molecule has 1 aromatic heterocycles. The van der Waals surface area contributed by atoms with Crippen molar-refractivity contribution in [3.8, 4) is 6.07 Å². The summed E-state index contributed by atoms with van der Waals surface area (Å²) in [6.07, 6.45) is 3.30. The number of nitrogens with zero attached hydrogens (tertiary/aromatic N) is 2. The molecule has 0 spiro atoms. The highest BCUT2D eigenvalue weighted by atomic mass is 32.2. The lowest BCUT2D eigenvalue weighted by Gasteiger charge is -2.11. The Morgan fingerprint density at radius 1 is 1.58 bits per heavy atom. The maximum Gasteiger partial charge on any atom is 0.303 e. The Kier molecular flexibility index (Phi) is 3.96. The van der Waals surface area contributed by atoms with E-state index < -0.39 is 16.8 Å². The molecule has 5 nitrogen and oxygen atoms in total. The molecule has 1 aliphatic rings. The number of hydrogen-bond donors (Lipinski definition) is 1. The van der Waals surface area contributed by atoms with E-state index >= 15 is 0 Å². The van der Waals surface area contributed by atoms with Crippen LogP contribution in [0.4, 0.5) is 0 Å². The van der Waals surface area contributed by atoms with Crippen molar-refractivity contribution in [2.75, 3.05) is 5.75 Å². The lowest BCUT2D eigenvalue weighted by Crippen LogP contribution is -2.17. The van der Waals surface area contributed by atoms with Gasteiger partial charge in [0.15, 0.2) is 0 Å². The fourth-order valence-corrected chi connectivity index (χ4v) is 3.80. The molecule has 0 bridgehead atoms. The van der Waals surface area contributed by atoms with Gasteiger partial charge < -0.3 is 5.11 Å². The van der Waals surface area contributed by atoms with Gasteiger partial charge in [0.1, 0.15) is 11.8 Å². The topological polar surface area (TPSA) is 91.0 Å². The van der Waals surface area contributed by atoms with Crippen molar-refractivity contribution in [1.29, 1.82) is 5.26 Å². The summed E-state index contributed by atoms with van der Waals surface area (Å²) in [6, 6.07) is 5.29. The van der Waals surface area contributed by atoms with E-state index in [1.54, 1.807) is 12.1 Å². The molecule has 1 heterocycles. The number of hydrogen-bond acceptors (Lipinski definition) is 4. The van der Waals surface area contributed by atoms with E-state index in [0.29, 0.717) is 17.2 Å². The number of carbonyl (C=O) groups is 1. The number of pyridine rings is 1. The molecule has 100 valence electrons. The van der Waals surface area contributed by atoms with Crippen LogP contribution in [0.3, 0.4) is 0 Å². The highest BCUT2D eigenvalue weighted by Gasteiger charge is 2.45. The van der Waals surface area contributed by atoms with Gasteiger partial charge in [-0.2, -0.15) is 5.26 Å². The minimum absolute atomic E-state index is 0.0958. The largest absolute Gasteiger partial charge is 0.481 e. The standard InChI is InChI=1S/C13H14N2O3S/c14-7-11-5-10(1-4-15-11)8-19(18)9-13(2-3-13)6-12(16)17/h1,4-5H,2-3,6,8-9H2,(H,16,17). The Labute approximate surface area is 113 Å². The van der Waals surface area contributed by atoms with E-state index in [1.165, 1.54) is 6.20 Å². The van der Waals surface area contributed by atoms with Crippen molar-refractivity contribution in [3.05, 3.63) is 29.6 Å². The molecule has 0 amide bonds. The minimum atomic E-state index is -1.11. The third-order valence-electron chi connectivity index (χ3n) is 3.22. The van der Waals surface area contributed by atoms with Crippen LogP contribution in [0.1, 0.15) is 30.5 Å². The summed E-state index contributed by atoms with van der Waals surface area (Å²) in [5.41, 5.74) is 0.846. The van der Waals surface area contributed by atoms with Crippen LogP contribution in [0.15, 0.2) is 18.3 Å². The average Bonchev–Trinajstić information content (AvgIpc) is 3.07. The number of carboxylic acids is 1. The fraction of sp³-hybridized carbons (Fsp3) is 0.462. The van der Waals surface area contributed by atoms with Gasteiger partial charge in [0.2, 0.25) is 0 Å². The number of nitriles is 1. The molecular weight excluding hydrogens is 264 g/mol. The molecule has 1 atom stereocenters. The molecule has 1 aromatic rings. The van der Waals surface area contributed by atoms with E-state index in [4.69, 9.17) is 10.4 Å². The second-order valence-corrected chi connectivity index (χ2v) is 6.42. The second kappa shape index (κ2) is 5.49. The Bertz CT molecular complexity index is 561. The zero-order valence-corrected chi connectivity index (χ0v) is 11.2. The van der Waals surface area contributed by atoms with E-state index in [9.17, 15) is 9.00 Å². The van der Waals surface area contributed by atoms with Crippen molar-refractivity contribution < 1.29 is 14.1 Å². The first-order valence-electron chi connectivity index (χ1n) is 5.95. The smallest absolute Gasteiger partial charge is 0.303 e. The van der Waals surface area contributed by atoms with Gasteiger partial charge in [0, 0.05) is 28.5 Å². The van der Waals surface area contributed by atoms with Gasteiger partial charge in [-0.1, -0.05) is 0 Å². The molecule has 0 saturated heterocycles. The van der Waals surface area contributed by atoms with Crippen LogP contribution >= 0.6 is 0 Å². The molecule has 0 aliphatic heterocycles. The molecule has 6 heteroatoms. The van der Waals surface area contributed by atoms with Gasteiger partial charge in [-0.15, -0.1) is 0 Å². The summed E-state index contributed by atoms with van der Waals surface area (Å²) in [7, 11) is -1.11. The normalized spacial score (nSPS) is 17.4. The molecule has 0 aromatic carbocycles. The SMILES string of the molecule is N#Cc1cc(CS(=O)CC2(CC(=O)O)CC2)ccn1. The maximum atomic E-state index is 12.1. The van der Waals surface area contributed by atoms with Crippen molar-refractivity contribution in [2.24, 2.45) is 5.41 Å². The Morgan fingerprint density at radius 2 is 2.32 bits per heavy atom. The van der Waals surface area contributed by atoms with Crippen LogP contribution < -0.4 is 0 Å². The summed E-state index contributed by atoms with van der Waals surface area (Å²) in [6.45, 7) is 0. The van der Waals surface area contributed by atoms with Crippen molar-refractivity contribution in [3.63, 3.8) is 0 Å². The quantitative estimate of drug-likeness (QED) is 0.850. The van der Waals surface area contributed by atoms with Crippen LogP contribution in [0, 0.1) is 16.7 Å². The molecule has 2 rings (SSSR count). The van der Waals surface area contributed by atoms with Crippen LogP contribution in [0.25, 0.3) is 0 Å². The van der Waals surface area contributed by atoms with E-state index in [-0.39, 0.29) is 11.8 Å².